The van der Waals surface area contributed by atoms with E-state index in [1.165, 1.54) is 0 Å². The number of hydrogen-bond donors (Lipinski definition) is 3. The molecule has 0 radical (unpaired) electrons. The van der Waals surface area contributed by atoms with E-state index in [9.17, 15) is 14.4 Å². The summed E-state index contributed by atoms with van der Waals surface area (Å²) in [6.45, 7) is 13.3. The van der Waals surface area contributed by atoms with Crippen molar-refractivity contribution in [2.75, 3.05) is 152 Å². The first kappa shape index (κ1) is 57.9. The van der Waals surface area contributed by atoms with E-state index in [1.807, 2.05) is 48.5 Å². The number of aromatic nitrogens is 8. The highest BCUT2D eigenvalue weighted by atomic mass is 16.6. The monoisotopic (exact) mass is 996 g/mol. The molecule has 0 atom stereocenters. The number of carbonyl (C=O) groups is 3. The van der Waals surface area contributed by atoms with Crippen molar-refractivity contribution < 1.29 is 62.1 Å². The van der Waals surface area contributed by atoms with E-state index in [0.717, 1.165) is 22.3 Å². The molecule has 3 N–H and O–H groups in total. The van der Waals surface area contributed by atoms with Crippen molar-refractivity contribution in [2.24, 2.45) is 0 Å². The minimum absolute atomic E-state index is 0.0368. The Labute approximate surface area is 414 Å². The van der Waals surface area contributed by atoms with Crippen molar-refractivity contribution >= 4 is 17.8 Å². The normalized spacial score (nSPS) is 11.3. The highest BCUT2D eigenvalue weighted by Gasteiger charge is 2.10. The van der Waals surface area contributed by atoms with Gasteiger partial charge in [0.2, 0.25) is 23.5 Å². The number of ether oxygens (including phenoxy) is 9. The van der Waals surface area contributed by atoms with E-state index in [-0.39, 0.29) is 37.7 Å². The summed E-state index contributed by atoms with van der Waals surface area (Å²) >= 11 is 0. The number of amides is 2. The van der Waals surface area contributed by atoms with Crippen molar-refractivity contribution in [1.82, 2.24) is 56.3 Å². The Balaban J connectivity index is 0.970. The van der Waals surface area contributed by atoms with Crippen LogP contribution in [0.5, 0.6) is 0 Å². The number of benzene rings is 2. The van der Waals surface area contributed by atoms with Crippen LogP contribution in [0.25, 0.3) is 22.8 Å². The summed E-state index contributed by atoms with van der Waals surface area (Å²) in [5.41, 5.74) is 3.27. The van der Waals surface area contributed by atoms with Crippen molar-refractivity contribution in [3.63, 3.8) is 0 Å². The van der Waals surface area contributed by atoms with Gasteiger partial charge in [-0.1, -0.05) is 48.5 Å². The molecular weight excluding hydrogens is 927 g/mol. The summed E-state index contributed by atoms with van der Waals surface area (Å²) in [5.74, 6) is 0.747. The van der Waals surface area contributed by atoms with E-state index < -0.39 is 5.97 Å². The Hall–Kier alpha value is -5.67. The SMILES string of the molecule is Cc1nnc(-c2ccc(CC(=O)NCCOCCOCCOCCN(CCOCCOCCOCCNC(=O)Cc3ccc(-c4nnc(C)nn4)cc3)CCOCCOCCOCCC(=O)O)cc2)nn1. The standard InChI is InChI=1S/C47H69N11O13/c1-37-50-54-46(55-51-37)41-7-3-39(4-8-41)35-43(59)48-12-18-64-24-30-70-33-27-67-21-15-58(14-20-66-26-32-69-29-23-63-17-11-45(61)62)16-22-68-28-34-71-31-25-65-19-13-49-44(60)36-40-5-9-42(10-6-40)47-56-52-38(2)53-57-47/h3-10H,11-36H2,1-2H3,(H,48,59)(H,49,60)(H,61,62). The van der Waals surface area contributed by atoms with Crippen molar-refractivity contribution in [3.8, 4) is 22.8 Å². The van der Waals surface area contributed by atoms with Crippen molar-refractivity contribution in [1.29, 1.82) is 0 Å². The van der Waals surface area contributed by atoms with Gasteiger partial charge in [-0.3, -0.25) is 19.3 Å². The molecule has 0 unspecified atom stereocenters. The molecule has 0 fully saturated rings. The summed E-state index contributed by atoms with van der Waals surface area (Å²) in [4.78, 5) is 37.5. The van der Waals surface area contributed by atoms with Crippen LogP contribution >= 0.6 is 0 Å². The van der Waals surface area contributed by atoms with Crippen LogP contribution in [0, 0.1) is 13.8 Å². The maximum Gasteiger partial charge on any atom is 0.305 e. The molecule has 2 amide bonds. The van der Waals surface area contributed by atoms with Crippen LogP contribution in [0.2, 0.25) is 0 Å². The van der Waals surface area contributed by atoms with Crippen molar-refractivity contribution in [3.05, 3.63) is 71.3 Å². The minimum Gasteiger partial charge on any atom is -0.481 e. The average molecular weight is 996 g/mol. The van der Waals surface area contributed by atoms with E-state index in [1.54, 1.807) is 13.8 Å². The summed E-state index contributed by atoms with van der Waals surface area (Å²) in [6, 6.07) is 14.8. The number of aliphatic carboxylic acids is 1. The van der Waals surface area contributed by atoms with Crippen LogP contribution in [0.15, 0.2) is 48.5 Å². The molecule has 4 aromatic rings. The van der Waals surface area contributed by atoms with Crippen LogP contribution in [0.3, 0.4) is 0 Å². The van der Waals surface area contributed by atoms with Gasteiger partial charge in [0.05, 0.1) is 138 Å². The number of hydrogen-bond acceptors (Lipinski definition) is 21. The summed E-state index contributed by atoms with van der Waals surface area (Å²) in [6.07, 6.45) is 0.445. The third kappa shape index (κ3) is 28.1. The minimum atomic E-state index is -0.897. The molecule has 24 heteroatoms. The van der Waals surface area contributed by atoms with Gasteiger partial charge in [-0.25, -0.2) is 0 Å². The number of nitrogens with one attached hydrogen (secondary N) is 2. The average Bonchev–Trinajstić information content (AvgIpc) is 3.36. The predicted octanol–water partition coefficient (Wildman–Crippen LogP) is 0.741. The summed E-state index contributed by atoms with van der Waals surface area (Å²) < 4.78 is 50.6. The topological polar surface area (TPSA) is 285 Å². The first-order valence-electron chi connectivity index (χ1n) is 23.7. The van der Waals surface area contributed by atoms with Gasteiger partial charge in [-0.15, -0.1) is 40.8 Å². The van der Waals surface area contributed by atoms with Gasteiger partial charge in [0.15, 0.2) is 11.6 Å². The second-order valence-electron chi connectivity index (χ2n) is 15.5. The van der Waals surface area contributed by atoms with Gasteiger partial charge in [0, 0.05) is 43.9 Å². The fraction of sp³-hybridized carbons (Fsp3) is 0.596. The lowest BCUT2D eigenvalue weighted by Gasteiger charge is -2.22. The maximum absolute atomic E-state index is 12.4. The fourth-order valence-corrected chi connectivity index (χ4v) is 6.06. The fourth-order valence-electron chi connectivity index (χ4n) is 6.06. The number of carboxylic acid groups (broad SMARTS) is 1. The molecule has 2 heterocycles. The van der Waals surface area contributed by atoms with E-state index in [0.29, 0.717) is 168 Å². The first-order chi connectivity index (χ1) is 34.7. The maximum atomic E-state index is 12.4. The Morgan fingerprint density at radius 1 is 0.423 bits per heavy atom. The molecule has 24 nitrogen and oxygen atoms in total. The van der Waals surface area contributed by atoms with E-state index >= 15 is 0 Å². The summed E-state index contributed by atoms with van der Waals surface area (Å²) in [7, 11) is 0. The number of carboxylic acids is 1. The van der Waals surface area contributed by atoms with Crippen molar-refractivity contribution in [2.45, 2.75) is 33.1 Å². The third-order valence-electron chi connectivity index (χ3n) is 9.80. The third-order valence-corrected chi connectivity index (χ3v) is 9.80. The lowest BCUT2D eigenvalue weighted by Crippen LogP contribution is -2.34. The molecule has 4 rings (SSSR count). The smallest absolute Gasteiger partial charge is 0.305 e. The Kier molecular flexibility index (Phi) is 30.3. The van der Waals surface area contributed by atoms with E-state index in [2.05, 4.69) is 56.3 Å². The lowest BCUT2D eigenvalue weighted by atomic mass is 10.1. The van der Waals surface area contributed by atoms with Crippen LogP contribution in [0.4, 0.5) is 0 Å². The van der Waals surface area contributed by atoms with Crippen LogP contribution in [-0.4, -0.2) is 220 Å². The summed E-state index contributed by atoms with van der Waals surface area (Å²) in [5, 5.41) is 46.2. The molecule has 2 aromatic carbocycles. The van der Waals surface area contributed by atoms with Crippen LogP contribution in [-0.2, 0) is 69.9 Å². The van der Waals surface area contributed by atoms with Gasteiger partial charge in [-0.2, -0.15) is 0 Å². The predicted molar refractivity (Wildman–Crippen MR) is 255 cm³/mol. The largest absolute Gasteiger partial charge is 0.481 e. The van der Waals surface area contributed by atoms with Gasteiger partial charge in [-0.05, 0) is 25.0 Å². The van der Waals surface area contributed by atoms with Crippen LogP contribution < -0.4 is 10.6 Å². The molecule has 0 aliphatic heterocycles. The molecule has 2 aromatic heterocycles. The second kappa shape index (κ2) is 37.2. The molecule has 0 bridgehead atoms. The van der Waals surface area contributed by atoms with E-state index in [4.69, 9.17) is 47.7 Å². The zero-order chi connectivity index (χ0) is 50.4. The van der Waals surface area contributed by atoms with Gasteiger partial charge >= 0.3 is 5.97 Å². The molecule has 0 aliphatic rings. The van der Waals surface area contributed by atoms with Gasteiger partial charge in [0.25, 0.3) is 0 Å². The Morgan fingerprint density at radius 2 is 0.718 bits per heavy atom. The number of aryl methyl sites for hydroxylation is 2. The molecule has 71 heavy (non-hydrogen) atoms. The zero-order valence-electron chi connectivity index (χ0n) is 40.9. The van der Waals surface area contributed by atoms with Gasteiger partial charge < -0.3 is 58.4 Å². The number of carbonyl (C=O) groups excluding carboxylic acids is 2. The Bertz CT molecular complexity index is 1900. The second-order valence-corrected chi connectivity index (χ2v) is 15.5. The highest BCUT2D eigenvalue weighted by Crippen LogP contribution is 2.15. The molecule has 0 spiro atoms. The Morgan fingerprint density at radius 3 is 1.04 bits per heavy atom. The number of nitrogens with zero attached hydrogens (tertiary/aromatic N) is 9. The molecule has 0 aliphatic carbocycles. The lowest BCUT2D eigenvalue weighted by molar-refractivity contribution is -0.138. The molecule has 0 saturated heterocycles. The molecular formula is C47H69N11O13. The molecule has 0 saturated carbocycles. The molecule has 390 valence electrons. The van der Waals surface area contributed by atoms with Crippen LogP contribution in [0.1, 0.15) is 29.2 Å². The first-order valence-corrected chi connectivity index (χ1v) is 23.7. The van der Waals surface area contributed by atoms with Gasteiger partial charge in [0.1, 0.15) is 0 Å². The highest BCUT2D eigenvalue weighted by molar-refractivity contribution is 5.79. The zero-order valence-corrected chi connectivity index (χ0v) is 40.9. The number of rotatable bonds is 42. The quantitative estimate of drug-likeness (QED) is 0.0516.